The second-order valence-corrected chi connectivity index (χ2v) is 6.16. The van der Waals surface area contributed by atoms with Crippen LogP contribution in [0.5, 0.6) is 0 Å². The molecular formula is C15H21ClN2S. The minimum atomic E-state index is -0.0631. The van der Waals surface area contributed by atoms with Crippen LogP contribution < -0.4 is 5.73 Å². The van der Waals surface area contributed by atoms with Crippen molar-refractivity contribution < 1.29 is 0 Å². The molecule has 1 aromatic carbocycles. The summed E-state index contributed by atoms with van der Waals surface area (Å²) in [5, 5.41) is 0.739. The van der Waals surface area contributed by atoms with Gasteiger partial charge in [0.15, 0.2) is 0 Å². The van der Waals surface area contributed by atoms with E-state index in [0.29, 0.717) is 11.0 Å². The van der Waals surface area contributed by atoms with Gasteiger partial charge in [0.2, 0.25) is 0 Å². The summed E-state index contributed by atoms with van der Waals surface area (Å²) in [6.07, 6.45) is 6.37. The van der Waals surface area contributed by atoms with E-state index in [9.17, 15) is 0 Å². The molecule has 19 heavy (non-hydrogen) atoms. The average Bonchev–Trinajstić information content (AvgIpc) is 2.42. The number of thiocarbonyl (C=S) groups is 1. The van der Waals surface area contributed by atoms with Gasteiger partial charge in [0, 0.05) is 11.1 Å². The predicted molar refractivity (Wildman–Crippen MR) is 85.6 cm³/mol. The molecule has 1 saturated carbocycles. The van der Waals surface area contributed by atoms with Gasteiger partial charge in [-0.25, -0.2) is 0 Å². The first kappa shape index (κ1) is 14.8. The Kier molecular flexibility index (Phi) is 5.20. The summed E-state index contributed by atoms with van der Waals surface area (Å²) in [6.45, 7) is 0. The number of nitrogens with two attached hydrogens (primary N) is 1. The minimum absolute atomic E-state index is 0.0631. The number of hydrogen-bond donors (Lipinski definition) is 1. The Morgan fingerprint density at radius 2 is 1.95 bits per heavy atom. The van der Waals surface area contributed by atoms with Gasteiger partial charge in [0.1, 0.15) is 0 Å². The second kappa shape index (κ2) is 6.69. The van der Waals surface area contributed by atoms with E-state index >= 15 is 0 Å². The standard InChI is InChI=1S/C15H21ClN2S/c1-18(11-7-3-2-4-8-11)14(15(17)19)12-9-5-6-10-13(12)16/h5-6,9-11,14H,2-4,7-8H2,1H3,(H2,17,19). The van der Waals surface area contributed by atoms with Crippen molar-refractivity contribution in [2.75, 3.05) is 7.05 Å². The van der Waals surface area contributed by atoms with E-state index in [1.54, 1.807) is 0 Å². The molecule has 0 amide bonds. The lowest BCUT2D eigenvalue weighted by atomic mass is 9.92. The third kappa shape index (κ3) is 3.47. The molecular weight excluding hydrogens is 276 g/mol. The first-order valence-corrected chi connectivity index (χ1v) is 7.65. The zero-order chi connectivity index (χ0) is 13.8. The molecule has 0 aliphatic heterocycles. The molecule has 104 valence electrons. The van der Waals surface area contributed by atoms with Crippen LogP contribution in [0.4, 0.5) is 0 Å². The monoisotopic (exact) mass is 296 g/mol. The highest BCUT2D eigenvalue weighted by molar-refractivity contribution is 7.80. The van der Waals surface area contributed by atoms with Crippen molar-refractivity contribution in [1.82, 2.24) is 4.90 Å². The maximum Gasteiger partial charge on any atom is 0.0948 e. The van der Waals surface area contributed by atoms with Crippen molar-refractivity contribution in [3.63, 3.8) is 0 Å². The Morgan fingerprint density at radius 1 is 1.32 bits per heavy atom. The van der Waals surface area contributed by atoms with Gasteiger partial charge in [-0.3, -0.25) is 4.90 Å². The quantitative estimate of drug-likeness (QED) is 0.854. The molecule has 0 aromatic heterocycles. The Bertz CT molecular complexity index is 444. The molecule has 1 atom stereocenters. The van der Waals surface area contributed by atoms with Gasteiger partial charge >= 0.3 is 0 Å². The lowest BCUT2D eigenvalue weighted by Crippen LogP contribution is -2.41. The third-order valence-electron chi connectivity index (χ3n) is 4.03. The Balaban J connectivity index is 2.25. The number of likely N-dealkylation sites (N-methyl/N-ethyl adjacent to an activating group) is 1. The Morgan fingerprint density at radius 3 is 2.53 bits per heavy atom. The fourth-order valence-corrected chi connectivity index (χ4v) is 3.50. The van der Waals surface area contributed by atoms with E-state index in [-0.39, 0.29) is 6.04 Å². The summed E-state index contributed by atoms with van der Waals surface area (Å²) in [5.41, 5.74) is 6.99. The summed E-state index contributed by atoms with van der Waals surface area (Å²) in [6, 6.07) is 8.33. The number of rotatable bonds is 4. The Labute approximate surface area is 125 Å². The van der Waals surface area contributed by atoms with E-state index in [0.717, 1.165) is 10.6 Å². The third-order valence-corrected chi connectivity index (χ3v) is 4.59. The van der Waals surface area contributed by atoms with Gasteiger partial charge in [-0.15, -0.1) is 0 Å². The van der Waals surface area contributed by atoms with Crippen LogP contribution in [0.2, 0.25) is 5.02 Å². The smallest absolute Gasteiger partial charge is 0.0948 e. The zero-order valence-electron chi connectivity index (χ0n) is 11.3. The number of halogens is 1. The van der Waals surface area contributed by atoms with E-state index in [4.69, 9.17) is 29.6 Å². The average molecular weight is 297 g/mol. The largest absolute Gasteiger partial charge is 0.392 e. The van der Waals surface area contributed by atoms with Crippen molar-refractivity contribution >= 4 is 28.8 Å². The molecule has 0 radical (unpaired) electrons. The molecule has 1 aromatic rings. The van der Waals surface area contributed by atoms with Crippen LogP contribution in [0.25, 0.3) is 0 Å². The molecule has 1 aliphatic rings. The maximum atomic E-state index is 6.30. The molecule has 2 rings (SSSR count). The van der Waals surface area contributed by atoms with Gasteiger partial charge in [-0.2, -0.15) is 0 Å². The van der Waals surface area contributed by atoms with Crippen LogP contribution in [-0.2, 0) is 0 Å². The molecule has 0 saturated heterocycles. The molecule has 1 fully saturated rings. The summed E-state index contributed by atoms with van der Waals surface area (Å²) in [7, 11) is 2.11. The van der Waals surface area contributed by atoms with Gasteiger partial charge in [0.25, 0.3) is 0 Å². The van der Waals surface area contributed by atoms with E-state index in [1.165, 1.54) is 32.1 Å². The fraction of sp³-hybridized carbons (Fsp3) is 0.533. The highest BCUT2D eigenvalue weighted by Crippen LogP contribution is 2.32. The predicted octanol–water partition coefficient (Wildman–Crippen LogP) is 3.93. The van der Waals surface area contributed by atoms with Gasteiger partial charge in [-0.1, -0.05) is 61.3 Å². The maximum absolute atomic E-state index is 6.30. The van der Waals surface area contributed by atoms with Gasteiger partial charge in [0.05, 0.1) is 11.0 Å². The summed E-state index contributed by atoms with van der Waals surface area (Å²) < 4.78 is 0. The van der Waals surface area contributed by atoms with Crippen molar-refractivity contribution in [2.24, 2.45) is 5.73 Å². The molecule has 1 aliphatic carbocycles. The lowest BCUT2D eigenvalue weighted by Gasteiger charge is -2.37. The van der Waals surface area contributed by atoms with E-state index in [2.05, 4.69) is 11.9 Å². The van der Waals surface area contributed by atoms with E-state index in [1.807, 2.05) is 24.3 Å². The molecule has 0 spiro atoms. The normalized spacial score (nSPS) is 18.5. The van der Waals surface area contributed by atoms with E-state index < -0.39 is 0 Å². The van der Waals surface area contributed by atoms with Gasteiger partial charge < -0.3 is 5.73 Å². The molecule has 0 bridgehead atoms. The van der Waals surface area contributed by atoms with Crippen molar-refractivity contribution in [2.45, 2.75) is 44.2 Å². The van der Waals surface area contributed by atoms with Crippen molar-refractivity contribution in [1.29, 1.82) is 0 Å². The summed E-state index contributed by atoms with van der Waals surface area (Å²) >= 11 is 11.6. The number of hydrogen-bond acceptors (Lipinski definition) is 2. The minimum Gasteiger partial charge on any atom is -0.392 e. The molecule has 1 unspecified atom stereocenters. The highest BCUT2D eigenvalue weighted by atomic mass is 35.5. The molecule has 4 heteroatoms. The van der Waals surface area contributed by atoms with Gasteiger partial charge in [-0.05, 0) is 31.5 Å². The van der Waals surface area contributed by atoms with Crippen LogP contribution in [0, 0.1) is 0 Å². The van der Waals surface area contributed by atoms with Crippen molar-refractivity contribution in [3.8, 4) is 0 Å². The Hall–Kier alpha value is -0.640. The number of benzene rings is 1. The fourth-order valence-electron chi connectivity index (χ4n) is 2.97. The molecule has 2 N–H and O–H groups in total. The van der Waals surface area contributed by atoms with Crippen LogP contribution >= 0.6 is 23.8 Å². The second-order valence-electron chi connectivity index (χ2n) is 5.28. The van der Waals surface area contributed by atoms with Crippen LogP contribution in [-0.4, -0.2) is 23.0 Å². The first-order valence-electron chi connectivity index (χ1n) is 6.87. The topological polar surface area (TPSA) is 29.3 Å². The van der Waals surface area contributed by atoms with Crippen LogP contribution in [0.15, 0.2) is 24.3 Å². The SMILES string of the molecule is CN(C1CCCCC1)C(C(N)=S)c1ccccc1Cl. The zero-order valence-corrected chi connectivity index (χ0v) is 12.9. The summed E-state index contributed by atoms with van der Waals surface area (Å²) in [5.74, 6) is 0. The van der Waals surface area contributed by atoms with Crippen LogP contribution in [0.1, 0.15) is 43.7 Å². The first-order chi connectivity index (χ1) is 9.11. The lowest BCUT2D eigenvalue weighted by molar-refractivity contribution is 0.170. The van der Waals surface area contributed by atoms with Crippen molar-refractivity contribution in [3.05, 3.63) is 34.9 Å². The highest BCUT2D eigenvalue weighted by Gasteiger charge is 2.28. The number of nitrogens with zero attached hydrogens (tertiary/aromatic N) is 1. The van der Waals surface area contributed by atoms with Crippen LogP contribution in [0.3, 0.4) is 0 Å². The molecule has 2 nitrogen and oxygen atoms in total. The summed E-state index contributed by atoms with van der Waals surface area (Å²) in [4.78, 5) is 2.81. The molecule has 0 heterocycles.